The minimum Gasteiger partial charge on any atom is -0.374 e. The van der Waals surface area contributed by atoms with Gasteiger partial charge in [0.05, 0.1) is 13.2 Å². The van der Waals surface area contributed by atoms with Crippen molar-refractivity contribution in [1.82, 2.24) is 5.32 Å². The van der Waals surface area contributed by atoms with Gasteiger partial charge in [0.25, 0.3) is 0 Å². The van der Waals surface area contributed by atoms with Crippen LogP contribution in [0.25, 0.3) is 0 Å². The van der Waals surface area contributed by atoms with E-state index in [0.717, 1.165) is 26.1 Å². The third-order valence-corrected chi connectivity index (χ3v) is 0.954. The van der Waals surface area contributed by atoms with Crippen LogP contribution in [0.4, 0.5) is 0 Å². The maximum Gasteiger partial charge on any atom is 0.0849 e. The topological polar surface area (TPSA) is 21.3 Å². The fraction of sp³-hybridized carbons (Fsp3) is 0.800. The zero-order valence-corrected chi connectivity index (χ0v) is 4.31. The first kappa shape index (κ1) is 5.06. The fourth-order valence-corrected chi connectivity index (χ4v) is 0.584. The summed E-state index contributed by atoms with van der Waals surface area (Å²) in [4.78, 5) is 0. The molecule has 0 aliphatic carbocycles. The molecular formula is C5H10NO. The molecule has 0 bridgehead atoms. The standard InChI is InChI=1S/C5H10NO/c1-2-6-3-5-7-4-1/h4,6H,1-3,5H2. The van der Waals surface area contributed by atoms with Gasteiger partial charge < -0.3 is 10.1 Å². The Hall–Kier alpha value is -0.0800. The monoisotopic (exact) mass is 100 g/mol. The first-order valence-electron chi connectivity index (χ1n) is 2.64. The second-order valence-corrected chi connectivity index (χ2v) is 1.58. The molecule has 7 heavy (non-hydrogen) atoms. The lowest BCUT2D eigenvalue weighted by Gasteiger charge is -1.91. The van der Waals surface area contributed by atoms with E-state index in [2.05, 4.69) is 5.32 Å². The summed E-state index contributed by atoms with van der Waals surface area (Å²) >= 11 is 0. The Kier molecular flexibility index (Phi) is 2.17. The van der Waals surface area contributed by atoms with Crippen molar-refractivity contribution in [1.29, 1.82) is 0 Å². The molecule has 0 aromatic carbocycles. The Labute approximate surface area is 43.9 Å². The predicted octanol–water partition coefficient (Wildman–Crippen LogP) is 0.158. The van der Waals surface area contributed by atoms with Gasteiger partial charge in [-0.3, -0.25) is 0 Å². The molecule has 2 heteroatoms. The molecule has 1 rings (SSSR count). The van der Waals surface area contributed by atoms with E-state index in [1.54, 1.807) is 0 Å². The molecule has 0 atom stereocenters. The van der Waals surface area contributed by atoms with Crippen molar-refractivity contribution in [3.8, 4) is 0 Å². The van der Waals surface area contributed by atoms with Gasteiger partial charge in [-0.1, -0.05) is 0 Å². The molecule has 2 nitrogen and oxygen atoms in total. The molecule has 1 saturated heterocycles. The lowest BCUT2D eigenvalue weighted by atomic mass is 10.5. The van der Waals surface area contributed by atoms with E-state index in [1.807, 2.05) is 6.61 Å². The highest BCUT2D eigenvalue weighted by atomic mass is 16.5. The smallest absolute Gasteiger partial charge is 0.0849 e. The molecule has 0 aromatic rings. The van der Waals surface area contributed by atoms with Crippen molar-refractivity contribution >= 4 is 0 Å². The summed E-state index contributed by atoms with van der Waals surface area (Å²) in [5, 5.41) is 3.19. The van der Waals surface area contributed by atoms with Gasteiger partial charge in [-0.05, 0) is 13.0 Å². The molecule has 1 aliphatic heterocycles. The lowest BCUT2D eigenvalue weighted by molar-refractivity contribution is 0.211. The first-order valence-corrected chi connectivity index (χ1v) is 2.64. The van der Waals surface area contributed by atoms with Gasteiger partial charge in [-0.15, -0.1) is 0 Å². The van der Waals surface area contributed by atoms with E-state index in [9.17, 15) is 0 Å². The minimum atomic E-state index is 0.833. The van der Waals surface area contributed by atoms with Crippen LogP contribution in [0.15, 0.2) is 0 Å². The summed E-state index contributed by atoms with van der Waals surface area (Å²) in [5.41, 5.74) is 0. The van der Waals surface area contributed by atoms with Crippen molar-refractivity contribution in [3.05, 3.63) is 6.61 Å². The molecular weight excluding hydrogens is 90.1 g/mol. The van der Waals surface area contributed by atoms with E-state index in [-0.39, 0.29) is 0 Å². The Morgan fingerprint density at radius 2 is 2.43 bits per heavy atom. The molecule has 41 valence electrons. The summed E-state index contributed by atoms with van der Waals surface area (Å²) in [6, 6.07) is 0. The minimum absolute atomic E-state index is 0.833. The number of hydrogen-bond donors (Lipinski definition) is 1. The highest BCUT2D eigenvalue weighted by Crippen LogP contribution is 1.90. The molecule has 1 heterocycles. The van der Waals surface area contributed by atoms with Crippen molar-refractivity contribution in [2.75, 3.05) is 19.7 Å². The second-order valence-electron chi connectivity index (χ2n) is 1.58. The third-order valence-electron chi connectivity index (χ3n) is 0.954. The van der Waals surface area contributed by atoms with Crippen LogP contribution < -0.4 is 5.32 Å². The Balaban J connectivity index is 2.04. The molecule has 0 unspecified atom stereocenters. The lowest BCUT2D eigenvalue weighted by Crippen LogP contribution is -2.15. The van der Waals surface area contributed by atoms with Crippen molar-refractivity contribution in [2.45, 2.75) is 6.42 Å². The summed E-state index contributed by atoms with van der Waals surface area (Å²) in [7, 11) is 0. The van der Waals surface area contributed by atoms with Crippen molar-refractivity contribution in [2.24, 2.45) is 0 Å². The predicted molar refractivity (Wildman–Crippen MR) is 27.7 cm³/mol. The maximum absolute atomic E-state index is 5.01. The number of hydrogen-bond acceptors (Lipinski definition) is 2. The molecule has 0 spiro atoms. The fourth-order valence-electron chi connectivity index (χ4n) is 0.584. The van der Waals surface area contributed by atoms with Crippen molar-refractivity contribution < 1.29 is 4.74 Å². The molecule has 1 N–H and O–H groups in total. The van der Waals surface area contributed by atoms with E-state index in [4.69, 9.17) is 4.74 Å². The van der Waals surface area contributed by atoms with Gasteiger partial charge in [0.15, 0.2) is 0 Å². The SMILES string of the molecule is [CH]1CCNCCO1. The first-order chi connectivity index (χ1) is 3.50. The third kappa shape index (κ3) is 1.90. The number of nitrogens with one attached hydrogen (secondary N) is 1. The Bertz CT molecular complexity index is 27.7. The highest BCUT2D eigenvalue weighted by Gasteiger charge is 1.94. The van der Waals surface area contributed by atoms with E-state index in [0.29, 0.717) is 0 Å². The molecule has 0 saturated carbocycles. The highest BCUT2D eigenvalue weighted by molar-refractivity contribution is 4.59. The van der Waals surface area contributed by atoms with Gasteiger partial charge in [-0.25, -0.2) is 0 Å². The van der Waals surface area contributed by atoms with Gasteiger partial charge >= 0.3 is 0 Å². The molecule has 1 aliphatic rings. The summed E-state index contributed by atoms with van der Waals surface area (Å²) in [6.45, 7) is 4.76. The van der Waals surface area contributed by atoms with Crippen LogP contribution >= 0.6 is 0 Å². The largest absolute Gasteiger partial charge is 0.374 e. The van der Waals surface area contributed by atoms with Crippen LogP contribution in [0.2, 0.25) is 0 Å². The van der Waals surface area contributed by atoms with Gasteiger partial charge in [0.1, 0.15) is 0 Å². The molecule has 1 radical (unpaired) electrons. The van der Waals surface area contributed by atoms with E-state index >= 15 is 0 Å². The van der Waals surface area contributed by atoms with Gasteiger partial charge in [0.2, 0.25) is 0 Å². The van der Waals surface area contributed by atoms with E-state index in [1.165, 1.54) is 0 Å². The zero-order chi connectivity index (χ0) is 4.95. The van der Waals surface area contributed by atoms with Crippen LogP contribution in [0.3, 0.4) is 0 Å². The van der Waals surface area contributed by atoms with Crippen molar-refractivity contribution in [3.63, 3.8) is 0 Å². The van der Waals surface area contributed by atoms with Crippen LogP contribution in [-0.2, 0) is 4.74 Å². The maximum atomic E-state index is 5.01. The van der Waals surface area contributed by atoms with Crippen LogP contribution in [0, 0.1) is 6.61 Å². The van der Waals surface area contributed by atoms with Crippen LogP contribution in [0.5, 0.6) is 0 Å². The van der Waals surface area contributed by atoms with Gasteiger partial charge in [-0.2, -0.15) is 0 Å². The average Bonchev–Trinajstić information content (AvgIpc) is 1.90. The number of ether oxygens (including phenoxy) is 1. The second kappa shape index (κ2) is 2.99. The average molecular weight is 100 g/mol. The number of rotatable bonds is 0. The Morgan fingerprint density at radius 3 is 3.43 bits per heavy atom. The molecule has 1 fully saturated rings. The summed E-state index contributed by atoms with van der Waals surface area (Å²) < 4.78 is 5.01. The quantitative estimate of drug-likeness (QED) is 0.468. The van der Waals surface area contributed by atoms with Crippen LogP contribution in [-0.4, -0.2) is 19.7 Å². The summed E-state index contributed by atoms with van der Waals surface area (Å²) in [5.74, 6) is 0. The Morgan fingerprint density at radius 1 is 1.43 bits per heavy atom. The van der Waals surface area contributed by atoms with Crippen LogP contribution in [0.1, 0.15) is 6.42 Å². The molecule has 0 amide bonds. The summed E-state index contributed by atoms with van der Waals surface area (Å²) in [6.07, 6.45) is 1.04. The zero-order valence-electron chi connectivity index (χ0n) is 4.31. The normalized spacial score (nSPS) is 24.0. The van der Waals surface area contributed by atoms with Gasteiger partial charge in [0, 0.05) is 6.54 Å². The van der Waals surface area contributed by atoms with E-state index < -0.39 is 0 Å². The molecule has 0 aromatic heterocycles.